The molecule has 0 spiro atoms. The van der Waals surface area contributed by atoms with Gasteiger partial charge in [-0.3, -0.25) is 9.79 Å². The van der Waals surface area contributed by atoms with E-state index in [1.165, 1.54) is 11.3 Å². The summed E-state index contributed by atoms with van der Waals surface area (Å²) in [6.45, 7) is 7.72. The van der Waals surface area contributed by atoms with E-state index in [9.17, 15) is 4.79 Å². The van der Waals surface area contributed by atoms with Crippen LogP contribution >= 0.6 is 11.3 Å². The molecule has 8 heteroatoms. The van der Waals surface area contributed by atoms with Crippen molar-refractivity contribution in [1.29, 1.82) is 0 Å². The number of piperidine rings is 1. The molecule has 134 valence electrons. The molecule has 1 fully saturated rings. The van der Waals surface area contributed by atoms with Crippen LogP contribution in [0.15, 0.2) is 10.5 Å². The molecule has 0 aliphatic carbocycles. The second kappa shape index (κ2) is 9.58. The van der Waals surface area contributed by atoms with Gasteiger partial charge in [-0.15, -0.1) is 11.3 Å². The van der Waals surface area contributed by atoms with Crippen LogP contribution in [0.4, 0.5) is 0 Å². The molecule has 24 heavy (non-hydrogen) atoms. The summed E-state index contributed by atoms with van der Waals surface area (Å²) in [5.41, 5.74) is 2.47. The van der Waals surface area contributed by atoms with Gasteiger partial charge in [-0.1, -0.05) is 0 Å². The topological polar surface area (TPSA) is 78.9 Å². The number of nitrogens with one attached hydrogen (secondary N) is 2. The van der Waals surface area contributed by atoms with Gasteiger partial charge in [0.25, 0.3) is 5.91 Å². The summed E-state index contributed by atoms with van der Waals surface area (Å²) in [7, 11) is 1.79. The van der Waals surface area contributed by atoms with E-state index in [2.05, 4.69) is 25.5 Å². The van der Waals surface area contributed by atoms with Crippen molar-refractivity contribution in [2.24, 2.45) is 4.99 Å². The van der Waals surface area contributed by atoms with E-state index in [1.54, 1.807) is 12.6 Å². The number of likely N-dealkylation sites (tertiary alicyclic amines) is 1. The second-order valence-electron chi connectivity index (χ2n) is 5.64. The van der Waals surface area contributed by atoms with Crippen LogP contribution in [0.1, 0.15) is 35.1 Å². The standard InChI is InChI=1S/C16H27N5O2S/c1-4-23-13-5-9-21(10-6-13)16(17-3)19-8-7-18-15(22)14-12(2)20-11-24-14/h11,13H,4-10H2,1-3H3,(H,17,19)(H,18,22). The predicted octanol–water partition coefficient (Wildman–Crippen LogP) is 1.26. The van der Waals surface area contributed by atoms with Gasteiger partial charge in [0, 0.05) is 39.8 Å². The van der Waals surface area contributed by atoms with Crippen molar-refractivity contribution in [3.8, 4) is 0 Å². The summed E-state index contributed by atoms with van der Waals surface area (Å²) in [5, 5.41) is 6.22. The maximum Gasteiger partial charge on any atom is 0.263 e. The summed E-state index contributed by atoms with van der Waals surface area (Å²) in [5.74, 6) is 0.817. The lowest BCUT2D eigenvalue weighted by Crippen LogP contribution is -2.48. The first-order valence-electron chi connectivity index (χ1n) is 8.41. The number of carbonyl (C=O) groups excluding carboxylic acids is 1. The fourth-order valence-corrected chi connectivity index (χ4v) is 3.47. The quantitative estimate of drug-likeness (QED) is 0.457. The number of nitrogens with zero attached hydrogens (tertiary/aromatic N) is 3. The van der Waals surface area contributed by atoms with Gasteiger partial charge >= 0.3 is 0 Å². The van der Waals surface area contributed by atoms with Crippen molar-refractivity contribution in [2.75, 3.05) is 39.8 Å². The highest BCUT2D eigenvalue weighted by molar-refractivity contribution is 7.11. The first-order chi connectivity index (χ1) is 11.7. The third-order valence-corrected chi connectivity index (χ3v) is 4.93. The molecular formula is C16H27N5O2S. The number of thiazole rings is 1. The Morgan fingerprint density at radius 3 is 2.71 bits per heavy atom. The van der Waals surface area contributed by atoms with Crippen LogP contribution in [-0.4, -0.2) is 67.7 Å². The molecule has 0 aromatic carbocycles. The summed E-state index contributed by atoms with van der Waals surface area (Å²) >= 11 is 1.37. The number of amides is 1. The van der Waals surface area contributed by atoms with Crippen molar-refractivity contribution in [3.63, 3.8) is 0 Å². The molecule has 1 saturated heterocycles. The molecule has 1 aliphatic heterocycles. The Morgan fingerprint density at radius 1 is 1.42 bits per heavy atom. The van der Waals surface area contributed by atoms with Crippen LogP contribution in [0.25, 0.3) is 0 Å². The number of carbonyl (C=O) groups is 1. The molecule has 2 N–H and O–H groups in total. The van der Waals surface area contributed by atoms with Crippen LogP contribution in [-0.2, 0) is 4.74 Å². The van der Waals surface area contributed by atoms with Gasteiger partial charge < -0.3 is 20.3 Å². The zero-order chi connectivity index (χ0) is 17.4. The summed E-state index contributed by atoms with van der Waals surface area (Å²) < 4.78 is 5.68. The van der Waals surface area contributed by atoms with Crippen LogP contribution < -0.4 is 10.6 Å². The van der Waals surface area contributed by atoms with Crippen LogP contribution in [0, 0.1) is 6.92 Å². The van der Waals surface area contributed by atoms with E-state index < -0.39 is 0 Å². The SMILES string of the molecule is CCOC1CCN(C(=NC)NCCNC(=O)c2scnc2C)CC1. The van der Waals surface area contributed by atoms with Gasteiger partial charge in [0.1, 0.15) is 4.88 Å². The smallest absolute Gasteiger partial charge is 0.263 e. The molecule has 0 radical (unpaired) electrons. The number of ether oxygens (including phenoxy) is 1. The lowest BCUT2D eigenvalue weighted by atomic mass is 10.1. The van der Waals surface area contributed by atoms with Gasteiger partial charge in [-0.25, -0.2) is 4.98 Å². The Kier molecular flexibility index (Phi) is 7.45. The van der Waals surface area contributed by atoms with E-state index in [4.69, 9.17) is 4.74 Å². The Hall–Kier alpha value is -1.67. The molecule has 0 bridgehead atoms. The average Bonchev–Trinajstić information content (AvgIpc) is 3.02. The fraction of sp³-hybridized carbons (Fsp3) is 0.688. The summed E-state index contributed by atoms with van der Waals surface area (Å²) in [6.07, 6.45) is 2.41. The Balaban J connectivity index is 1.69. The van der Waals surface area contributed by atoms with Crippen molar-refractivity contribution >= 4 is 23.2 Å². The predicted molar refractivity (Wildman–Crippen MR) is 96.8 cm³/mol. The normalized spacial score (nSPS) is 16.3. The van der Waals surface area contributed by atoms with Gasteiger partial charge in [-0.2, -0.15) is 0 Å². The summed E-state index contributed by atoms with van der Waals surface area (Å²) in [6, 6.07) is 0. The van der Waals surface area contributed by atoms with Gasteiger partial charge in [-0.05, 0) is 26.7 Å². The average molecular weight is 353 g/mol. The number of hydrogen-bond donors (Lipinski definition) is 2. The van der Waals surface area contributed by atoms with Gasteiger partial charge in [0.05, 0.1) is 17.3 Å². The maximum absolute atomic E-state index is 12.0. The van der Waals surface area contributed by atoms with E-state index >= 15 is 0 Å². The highest BCUT2D eigenvalue weighted by Gasteiger charge is 2.21. The molecule has 1 aromatic heterocycles. The van der Waals surface area contributed by atoms with Gasteiger partial charge in [0.15, 0.2) is 5.96 Å². The van der Waals surface area contributed by atoms with Crippen molar-refractivity contribution in [3.05, 3.63) is 16.1 Å². The molecule has 0 saturated carbocycles. The maximum atomic E-state index is 12.0. The van der Waals surface area contributed by atoms with Crippen molar-refractivity contribution in [1.82, 2.24) is 20.5 Å². The minimum absolute atomic E-state index is 0.0654. The molecular weight excluding hydrogens is 326 g/mol. The molecule has 2 heterocycles. The summed E-state index contributed by atoms with van der Waals surface area (Å²) in [4.78, 5) is 23.4. The first-order valence-corrected chi connectivity index (χ1v) is 9.29. The van der Waals surface area contributed by atoms with Crippen LogP contribution in [0.5, 0.6) is 0 Å². The molecule has 1 aliphatic rings. The van der Waals surface area contributed by atoms with Crippen molar-refractivity contribution < 1.29 is 9.53 Å². The van der Waals surface area contributed by atoms with E-state index in [0.717, 1.165) is 44.2 Å². The van der Waals surface area contributed by atoms with Crippen LogP contribution in [0.3, 0.4) is 0 Å². The zero-order valence-electron chi connectivity index (χ0n) is 14.7. The molecule has 1 aromatic rings. The Bertz CT molecular complexity index is 552. The van der Waals surface area contributed by atoms with Crippen molar-refractivity contribution in [2.45, 2.75) is 32.8 Å². The number of aliphatic imine (C=N–C) groups is 1. The number of guanidine groups is 1. The molecule has 0 unspecified atom stereocenters. The number of hydrogen-bond acceptors (Lipinski definition) is 5. The largest absolute Gasteiger partial charge is 0.378 e. The molecule has 2 rings (SSSR count). The fourth-order valence-electron chi connectivity index (χ4n) is 2.75. The zero-order valence-corrected chi connectivity index (χ0v) is 15.5. The lowest BCUT2D eigenvalue weighted by molar-refractivity contribution is 0.0264. The molecule has 7 nitrogen and oxygen atoms in total. The highest BCUT2D eigenvalue weighted by Crippen LogP contribution is 2.13. The van der Waals surface area contributed by atoms with Gasteiger partial charge in [0.2, 0.25) is 0 Å². The third kappa shape index (κ3) is 5.17. The second-order valence-corrected chi connectivity index (χ2v) is 6.49. The minimum atomic E-state index is -0.0654. The number of rotatable bonds is 6. The minimum Gasteiger partial charge on any atom is -0.378 e. The molecule has 0 atom stereocenters. The molecule has 1 amide bonds. The van der Waals surface area contributed by atoms with Crippen LogP contribution in [0.2, 0.25) is 0 Å². The number of aromatic nitrogens is 1. The monoisotopic (exact) mass is 353 g/mol. The third-order valence-electron chi connectivity index (χ3n) is 4.00. The Morgan fingerprint density at radius 2 is 2.12 bits per heavy atom. The Labute approximate surface area is 147 Å². The van der Waals surface area contributed by atoms with E-state index in [0.29, 0.717) is 24.1 Å². The lowest BCUT2D eigenvalue weighted by Gasteiger charge is -2.34. The first kappa shape index (κ1) is 18.7. The van der Waals surface area contributed by atoms with E-state index in [-0.39, 0.29) is 5.91 Å². The van der Waals surface area contributed by atoms with E-state index in [1.807, 2.05) is 13.8 Å². The highest BCUT2D eigenvalue weighted by atomic mass is 32.1. The number of aryl methyl sites for hydroxylation is 1.